The number of aromatic nitrogens is 2. The van der Waals surface area contributed by atoms with Gasteiger partial charge in [0, 0.05) is 28.2 Å². The number of H-pyrrole nitrogens is 2. The highest BCUT2D eigenvalue weighted by molar-refractivity contribution is 7.13. The molecule has 0 bridgehead atoms. The van der Waals surface area contributed by atoms with E-state index in [0.717, 1.165) is 6.42 Å². The highest BCUT2D eigenvalue weighted by atomic mass is 32.1. The maximum Gasteiger partial charge on any atom is 0.0602 e. The number of benzene rings is 2. The molecule has 0 amide bonds. The van der Waals surface area contributed by atoms with E-state index in [-0.39, 0.29) is 0 Å². The summed E-state index contributed by atoms with van der Waals surface area (Å²) in [5, 5.41) is 6.90. The van der Waals surface area contributed by atoms with Crippen molar-refractivity contribution in [3.63, 3.8) is 0 Å². The zero-order valence-electron chi connectivity index (χ0n) is 15.6. The van der Waals surface area contributed by atoms with Gasteiger partial charge in [-0.15, -0.1) is 22.7 Å². The van der Waals surface area contributed by atoms with Gasteiger partial charge in [0.15, 0.2) is 0 Å². The molecule has 0 aliphatic rings. The van der Waals surface area contributed by atoms with Crippen LogP contribution in [-0.4, -0.2) is 9.97 Å². The van der Waals surface area contributed by atoms with E-state index < -0.39 is 0 Å². The molecule has 4 heterocycles. The number of fused-ring (bicyclic) bond motifs is 2. The van der Waals surface area contributed by atoms with Gasteiger partial charge in [0.1, 0.15) is 0 Å². The van der Waals surface area contributed by atoms with Gasteiger partial charge in [-0.25, -0.2) is 0 Å². The minimum atomic E-state index is 0.883. The quantitative estimate of drug-likeness (QED) is 0.298. The molecule has 4 heteroatoms. The van der Waals surface area contributed by atoms with Crippen LogP contribution in [0.25, 0.3) is 42.9 Å². The summed E-state index contributed by atoms with van der Waals surface area (Å²) in [5.41, 5.74) is 7.61. The van der Waals surface area contributed by atoms with Gasteiger partial charge in [-0.3, -0.25) is 0 Å². The normalized spacial score (nSPS) is 11.6. The van der Waals surface area contributed by atoms with Crippen LogP contribution >= 0.6 is 22.7 Å². The monoisotopic (exact) mass is 410 g/mol. The molecule has 2 nitrogen and oxygen atoms in total. The highest BCUT2D eigenvalue weighted by Crippen LogP contribution is 2.39. The third kappa shape index (κ3) is 2.76. The lowest BCUT2D eigenvalue weighted by molar-refractivity contribution is 1.23. The van der Waals surface area contributed by atoms with Gasteiger partial charge in [-0.1, -0.05) is 48.5 Å². The molecule has 140 valence electrons. The number of hydrogen-bond donors (Lipinski definition) is 2. The third-order valence-electron chi connectivity index (χ3n) is 5.52. The minimum Gasteiger partial charge on any atom is -0.354 e. The van der Waals surface area contributed by atoms with Crippen LogP contribution in [-0.2, 0) is 6.42 Å². The van der Waals surface area contributed by atoms with Gasteiger partial charge in [0.2, 0.25) is 0 Å². The molecule has 0 saturated carbocycles. The second kappa shape index (κ2) is 6.76. The molecule has 2 N–H and O–H groups in total. The van der Waals surface area contributed by atoms with Crippen LogP contribution in [0.3, 0.4) is 0 Å². The van der Waals surface area contributed by atoms with Crippen molar-refractivity contribution in [2.75, 3.05) is 0 Å². The van der Waals surface area contributed by atoms with Crippen LogP contribution in [0.15, 0.2) is 83.6 Å². The van der Waals surface area contributed by atoms with Gasteiger partial charge in [-0.2, -0.15) is 0 Å². The lowest BCUT2D eigenvalue weighted by Crippen LogP contribution is -1.91. The summed E-state index contributed by atoms with van der Waals surface area (Å²) in [5.74, 6) is 0. The minimum absolute atomic E-state index is 0.883. The Morgan fingerprint density at radius 3 is 1.48 bits per heavy atom. The van der Waals surface area contributed by atoms with E-state index in [4.69, 9.17) is 0 Å². The molecular weight excluding hydrogens is 392 g/mol. The Balaban J connectivity index is 1.61. The van der Waals surface area contributed by atoms with Gasteiger partial charge in [0.25, 0.3) is 0 Å². The van der Waals surface area contributed by atoms with Crippen molar-refractivity contribution in [2.45, 2.75) is 6.42 Å². The van der Waals surface area contributed by atoms with Crippen LogP contribution in [0.2, 0.25) is 0 Å². The Kier molecular flexibility index (Phi) is 3.93. The number of thiophene rings is 2. The Labute approximate surface area is 176 Å². The zero-order valence-corrected chi connectivity index (χ0v) is 17.2. The molecule has 6 rings (SSSR count). The summed E-state index contributed by atoms with van der Waals surface area (Å²) >= 11 is 3.57. The van der Waals surface area contributed by atoms with Crippen molar-refractivity contribution in [3.8, 4) is 21.1 Å². The predicted molar refractivity (Wildman–Crippen MR) is 126 cm³/mol. The number of para-hydroxylation sites is 2. The fourth-order valence-electron chi connectivity index (χ4n) is 4.21. The average molecular weight is 411 g/mol. The topological polar surface area (TPSA) is 31.6 Å². The van der Waals surface area contributed by atoms with Crippen LogP contribution in [0.5, 0.6) is 0 Å². The second-order valence-corrected chi connectivity index (χ2v) is 9.08. The van der Waals surface area contributed by atoms with E-state index in [1.54, 1.807) is 22.7 Å². The molecule has 29 heavy (non-hydrogen) atoms. The molecule has 0 spiro atoms. The summed E-state index contributed by atoms with van der Waals surface area (Å²) < 4.78 is 0. The summed E-state index contributed by atoms with van der Waals surface area (Å²) in [6, 6.07) is 25.9. The fourth-order valence-corrected chi connectivity index (χ4v) is 5.71. The number of hydrogen-bond acceptors (Lipinski definition) is 2. The molecule has 4 aromatic heterocycles. The molecule has 2 aromatic carbocycles. The molecule has 0 radical (unpaired) electrons. The van der Waals surface area contributed by atoms with Gasteiger partial charge < -0.3 is 9.97 Å². The molecule has 0 aliphatic heterocycles. The molecule has 0 saturated heterocycles. The van der Waals surface area contributed by atoms with Gasteiger partial charge >= 0.3 is 0 Å². The van der Waals surface area contributed by atoms with E-state index in [1.165, 1.54) is 54.1 Å². The first-order chi connectivity index (χ1) is 14.4. The average Bonchev–Trinajstić information content (AvgIpc) is 3.55. The van der Waals surface area contributed by atoms with E-state index in [1.807, 2.05) is 0 Å². The van der Waals surface area contributed by atoms with Gasteiger partial charge in [0.05, 0.1) is 21.1 Å². The maximum atomic E-state index is 3.68. The van der Waals surface area contributed by atoms with Crippen molar-refractivity contribution in [1.29, 1.82) is 0 Å². The summed E-state index contributed by atoms with van der Waals surface area (Å²) in [4.78, 5) is 9.94. The fraction of sp³-hybridized carbons (Fsp3) is 0.0400. The Morgan fingerprint density at radius 1 is 0.552 bits per heavy atom. The summed E-state index contributed by atoms with van der Waals surface area (Å²) in [6.45, 7) is 0. The summed E-state index contributed by atoms with van der Waals surface area (Å²) in [6.07, 6.45) is 0.883. The molecule has 0 atom stereocenters. The van der Waals surface area contributed by atoms with E-state index in [9.17, 15) is 0 Å². The van der Waals surface area contributed by atoms with Crippen molar-refractivity contribution < 1.29 is 0 Å². The van der Waals surface area contributed by atoms with E-state index in [0.29, 0.717) is 0 Å². The Bertz CT molecular complexity index is 1310. The highest BCUT2D eigenvalue weighted by Gasteiger charge is 2.19. The lowest BCUT2D eigenvalue weighted by Gasteiger charge is -2.06. The van der Waals surface area contributed by atoms with Crippen molar-refractivity contribution in [2.24, 2.45) is 0 Å². The Hall–Kier alpha value is -3.08. The van der Waals surface area contributed by atoms with Crippen LogP contribution < -0.4 is 0 Å². The van der Waals surface area contributed by atoms with Crippen LogP contribution in [0, 0.1) is 0 Å². The molecule has 0 fully saturated rings. The first kappa shape index (κ1) is 16.8. The smallest absolute Gasteiger partial charge is 0.0602 e. The van der Waals surface area contributed by atoms with E-state index in [2.05, 4.69) is 93.5 Å². The zero-order chi connectivity index (χ0) is 19.2. The predicted octanol–water partition coefficient (Wildman–Crippen LogP) is 7.70. The van der Waals surface area contributed by atoms with E-state index >= 15 is 0 Å². The van der Waals surface area contributed by atoms with Crippen molar-refractivity contribution in [3.05, 3.63) is 94.7 Å². The van der Waals surface area contributed by atoms with Gasteiger partial charge in [-0.05, 0) is 46.2 Å². The summed E-state index contributed by atoms with van der Waals surface area (Å²) in [7, 11) is 0. The molecular formula is C25H18N2S2. The molecule has 0 unspecified atom stereocenters. The van der Waals surface area contributed by atoms with Crippen molar-refractivity contribution in [1.82, 2.24) is 9.97 Å². The standard InChI is InChI=1S/C25H18N2S2/c1-3-9-20-16(7-1)18(24(26-20)22-11-5-13-28-22)15-19-17-8-2-4-10-21(17)27-25(19)23-12-6-14-29-23/h1-14,26-27H,15H2. The SMILES string of the molecule is c1csc(-c2[nH]c3ccccc3c2Cc2c(-c3cccs3)[nH]c3ccccc23)c1. The Morgan fingerprint density at radius 2 is 1.03 bits per heavy atom. The third-order valence-corrected chi connectivity index (χ3v) is 7.29. The largest absolute Gasteiger partial charge is 0.354 e. The second-order valence-electron chi connectivity index (χ2n) is 7.18. The molecule has 0 aliphatic carbocycles. The number of nitrogens with one attached hydrogen (secondary N) is 2. The first-order valence-electron chi connectivity index (χ1n) is 9.65. The number of aromatic amines is 2. The molecule has 6 aromatic rings. The van der Waals surface area contributed by atoms with Crippen LogP contribution in [0.1, 0.15) is 11.1 Å². The van der Waals surface area contributed by atoms with Crippen LogP contribution in [0.4, 0.5) is 0 Å². The lowest BCUT2D eigenvalue weighted by atomic mass is 9.98. The van der Waals surface area contributed by atoms with Crippen molar-refractivity contribution >= 4 is 44.5 Å². The first-order valence-corrected chi connectivity index (χ1v) is 11.4. The number of rotatable bonds is 4. The maximum absolute atomic E-state index is 3.68.